The van der Waals surface area contributed by atoms with Gasteiger partial charge in [0.15, 0.2) is 11.6 Å². The molecule has 0 spiro atoms. The van der Waals surface area contributed by atoms with Crippen LogP contribution in [-0.4, -0.2) is 16.1 Å². The van der Waals surface area contributed by atoms with E-state index >= 15 is 0 Å². The number of aryl methyl sites for hydroxylation is 1. The van der Waals surface area contributed by atoms with E-state index in [1.807, 2.05) is 0 Å². The maximum atomic E-state index is 13.2. The molecule has 166 valence electrons. The van der Waals surface area contributed by atoms with Gasteiger partial charge in [-0.3, -0.25) is 9.59 Å². The van der Waals surface area contributed by atoms with Crippen LogP contribution < -0.4 is 5.32 Å². The van der Waals surface area contributed by atoms with Crippen LogP contribution in [0.3, 0.4) is 0 Å². The topological polar surface area (TPSA) is 51.1 Å². The number of ketones is 2. The highest BCUT2D eigenvalue weighted by molar-refractivity contribution is 6.07. The van der Waals surface area contributed by atoms with Crippen LogP contribution in [0.2, 0.25) is 0 Å². The molecule has 0 saturated carbocycles. The Labute approximate surface area is 194 Å². The van der Waals surface area contributed by atoms with E-state index in [4.69, 9.17) is 0 Å². The van der Waals surface area contributed by atoms with E-state index in [1.165, 1.54) is 11.1 Å². The molecule has 1 N–H and O–H groups in total. The van der Waals surface area contributed by atoms with Gasteiger partial charge in [0.05, 0.1) is 0 Å². The molecule has 0 radical (unpaired) electrons. The molecule has 0 unspecified atom stereocenters. The second-order valence-electron chi connectivity index (χ2n) is 9.61. The van der Waals surface area contributed by atoms with E-state index in [0.717, 1.165) is 71.2 Å². The third kappa shape index (κ3) is 3.36. The fraction of sp³-hybridized carbons (Fsp3) is 0.310. The Balaban J connectivity index is 1.55. The van der Waals surface area contributed by atoms with Gasteiger partial charge < -0.3 is 9.88 Å². The molecule has 1 aliphatic heterocycles. The van der Waals surface area contributed by atoms with Crippen LogP contribution >= 0.6 is 0 Å². The third-order valence-electron chi connectivity index (χ3n) is 7.36. The number of allylic oxidation sites excluding steroid dienone is 4. The number of dihydropyridines is 1. The molecule has 4 heteroatoms. The standard InChI is InChI=1S/C29H28N2O2/c1-18-7-4-8-19(15-18)16-31-17-21(20-9-2-3-12-24(20)31)27-28-22(10-5-13-25(28)32)30-23-11-6-14-26(33)29(23)27/h2-4,7-9,12,15,17,27,30H,5-6,10-11,13-14,16H2,1H3. The lowest BCUT2D eigenvalue weighted by Crippen LogP contribution is -2.36. The number of nitrogens with zero attached hydrogens (tertiary/aromatic N) is 1. The van der Waals surface area contributed by atoms with Gasteiger partial charge >= 0.3 is 0 Å². The molecule has 0 amide bonds. The van der Waals surface area contributed by atoms with Gasteiger partial charge in [0.1, 0.15) is 0 Å². The summed E-state index contributed by atoms with van der Waals surface area (Å²) in [7, 11) is 0. The van der Waals surface area contributed by atoms with Gasteiger partial charge in [0.2, 0.25) is 0 Å². The van der Waals surface area contributed by atoms with Crippen LogP contribution in [0.4, 0.5) is 0 Å². The highest BCUT2D eigenvalue weighted by Crippen LogP contribution is 2.47. The van der Waals surface area contributed by atoms with Crippen molar-refractivity contribution in [2.45, 2.75) is 57.9 Å². The lowest BCUT2D eigenvalue weighted by Gasteiger charge is -2.37. The first-order valence-corrected chi connectivity index (χ1v) is 12.0. The van der Waals surface area contributed by atoms with Gasteiger partial charge in [0.25, 0.3) is 0 Å². The van der Waals surface area contributed by atoms with Crippen molar-refractivity contribution in [2.24, 2.45) is 0 Å². The molecule has 0 bridgehead atoms. The second kappa shape index (κ2) is 7.87. The molecule has 4 nitrogen and oxygen atoms in total. The van der Waals surface area contributed by atoms with E-state index in [2.05, 4.69) is 71.5 Å². The number of fused-ring (bicyclic) bond motifs is 1. The Morgan fingerprint density at radius 3 is 2.27 bits per heavy atom. The van der Waals surface area contributed by atoms with Gasteiger partial charge in [0, 0.05) is 64.9 Å². The number of hydrogen-bond donors (Lipinski definition) is 1. The lowest BCUT2D eigenvalue weighted by atomic mass is 9.71. The highest BCUT2D eigenvalue weighted by atomic mass is 16.1. The van der Waals surface area contributed by atoms with Crippen molar-refractivity contribution in [3.63, 3.8) is 0 Å². The molecule has 33 heavy (non-hydrogen) atoms. The lowest BCUT2D eigenvalue weighted by molar-refractivity contribution is -0.116. The normalized spacial score (nSPS) is 19.1. The quantitative estimate of drug-likeness (QED) is 0.573. The summed E-state index contributed by atoms with van der Waals surface area (Å²) in [5, 5.41) is 4.66. The molecule has 6 rings (SSSR count). The fourth-order valence-corrected chi connectivity index (χ4v) is 5.94. The van der Waals surface area contributed by atoms with Crippen LogP contribution in [0.5, 0.6) is 0 Å². The van der Waals surface area contributed by atoms with Gasteiger partial charge in [-0.15, -0.1) is 0 Å². The maximum absolute atomic E-state index is 13.2. The monoisotopic (exact) mass is 436 g/mol. The first-order chi connectivity index (χ1) is 16.1. The van der Waals surface area contributed by atoms with E-state index in [9.17, 15) is 9.59 Å². The second-order valence-corrected chi connectivity index (χ2v) is 9.61. The van der Waals surface area contributed by atoms with Crippen molar-refractivity contribution in [1.29, 1.82) is 0 Å². The van der Waals surface area contributed by atoms with Crippen molar-refractivity contribution in [1.82, 2.24) is 9.88 Å². The minimum atomic E-state index is -0.263. The van der Waals surface area contributed by atoms with Gasteiger partial charge in [-0.2, -0.15) is 0 Å². The van der Waals surface area contributed by atoms with E-state index in [0.29, 0.717) is 12.8 Å². The Hall–Kier alpha value is -3.40. The molecule has 3 aromatic rings. The average Bonchev–Trinajstić information content (AvgIpc) is 3.16. The van der Waals surface area contributed by atoms with Crippen molar-refractivity contribution in [2.75, 3.05) is 0 Å². The van der Waals surface area contributed by atoms with Gasteiger partial charge in [-0.05, 0) is 49.8 Å². The van der Waals surface area contributed by atoms with Crippen LogP contribution in [0.15, 0.2) is 77.3 Å². The zero-order valence-electron chi connectivity index (χ0n) is 19.0. The SMILES string of the molecule is Cc1cccc(Cn2cc(C3C4=C(CCCC4=O)NC4=C3C(=O)CCC4)c3ccccc32)c1. The number of aromatic nitrogens is 1. The summed E-state index contributed by atoms with van der Waals surface area (Å²) in [6.45, 7) is 2.87. The summed E-state index contributed by atoms with van der Waals surface area (Å²) in [6.07, 6.45) is 6.84. The van der Waals surface area contributed by atoms with Crippen molar-refractivity contribution in [3.8, 4) is 0 Å². The Morgan fingerprint density at radius 2 is 1.58 bits per heavy atom. The number of rotatable bonds is 3. The number of benzene rings is 2. The van der Waals surface area contributed by atoms with Crippen LogP contribution in [0.25, 0.3) is 10.9 Å². The smallest absolute Gasteiger partial charge is 0.161 e. The van der Waals surface area contributed by atoms with Gasteiger partial charge in [-0.25, -0.2) is 0 Å². The number of carbonyl (C=O) groups is 2. The summed E-state index contributed by atoms with van der Waals surface area (Å²) in [5.74, 6) is 0.115. The number of hydrogen-bond acceptors (Lipinski definition) is 3. The molecule has 2 heterocycles. The largest absolute Gasteiger partial charge is 0.362 e. The Bertz CT molecular complexity index is 1330. The molecular weight excluding hydrogens is 408 g/mol. The van der Waals surface area contributed by atoms with Crippen molar-refractivity contribution in [3.05, 3.63) is 94.0 Å². The zero-order chi connectivity index (χ0) is 22.5. The Morgan fingerprint density at radius 1 is 0.879 bits per heavy atom. The first-order valence-electron chi connectivity index (χ1n) is 12.0. The van der Waals surface area contributed by atoms with Crippen molar-refractivity contribution < 1.29 is 9.59 Å². The minimum Gasteiger partial charge on any atom is -0.362 e. The maximum Gasteiger partial charge on any atom is 0.161 e. The molecule has 1 aromatic heterocycles. The summed E-state index contributed by atoms with van der Waals surface area (Å²) >= 11 is 0. The van der Waals surface area contributed by atoms with Gasteiger partial charge in [-0.1, -0.05) is 48.0 Å². The first kappa shape index (κ1) is 20.2. The van der Waals surface area contributed by atoms with Crippen LogP contribution in [0.1, 0.15) is 61.1 Å². The predicted octanol–water partition coefficient (Wildman–Crippen LogP) is 5.70. The number of carbonyl (C=O) groups excluding carboxylic acids is 2. The van der Waals surface area contributed by atoms with E-state index in [1.54, 1.807) is 0 Å². The van der Waals surface area contributed by atoms with Crippen molar-refractivity contribution >= 4 is 22.5 Å². The number of nitrogens with one attached hydrogen (secondary N) is 1. The zero-order valence-corrected chi connectivity index (χ0v) is 19.0. The summed E-state index contributed by atoms with van der Waals surface area (Å²) in [4.78, 5) is 26.5. The minimum absolute atomic E-state index is 0.189. The number of para-hydroxylation sites is 1. The summed E-state index contributed by atoms with van der Waals surface area (Å²) < 4.78 is 2.28. The highest BCUT2D eigenvalue weighted by Gasteiger charge is 2.41. The molecule has 0 fully saturated rings. The molecule has 0 atom stereocenters. The van der Waals surface area contributed by atoms with Crippen LogP contribution in [0, 0.1) is 6.92 Å². The Kier molecular flexibility index (Phi) is 4.83. The fourth-order valence-electron chi connectivity index (χ4n) is 5.94. The average molecular weight is 437 g/mol. The summed E-state index contributed by atoms with van der Waals surface area (Å²) in [5.41, 5.74) is 8.46. The van der Waals surface area contributed by atoms with E-state index < -0.39 is 0 Å². The summed E-state index contributed by atoms with van der Waals surface area (Å²) in [6, 6.07) is 17.0. The molecule has 2 aliphatic carbocycles. The van der Waals surface area contributed by atoms with Crippen LogP contribution in [-0.2, 0) is 16.1 Å². The predicted molar refractivity (Wildman–Crippen MR) is 130 cm³/mol. The third-order valence-corrected chi connectivity index (χ3v) is 7.36. The molecule has 2 aromatic carbocycles. The molecular formula is C29H28N2O2. The van der Waals surface area contributed by atoms with E-state index in [-0.39, 0.29) is 17.5 Å². The number of Topliss-reactive ketones (excluding diaryl/α,β-unsaturated/α-hetero) is 2. The molecule has 0 saturated heterocycles. The molecule has 3 aliphatic rings.